The standard InChI is InChI=1S/C24H24ClFN2O4/c1-12-8-13(2)20(14(3)9-12)21-19(29)11-15(22(21)30)6-7-27-24(32)28-23(31)16-4-5-17(25)18(26)10-16/h4-5,8-10,15,21H,6-7,11H2,1-3H3,(H2,27,28,31,32). The van der Waals surface area contributed by atoms with E-state index in [2.05, 4.69) is 10.6 Å². The van der Waals surface area contributed by atoms with Crippen molar-refractivity contribution >= 4 is 35.1 Å². The number of hydrogen-bond donors (Lipinski definition) is 2. The van der Waals surface area contributed by atoms with E-state index in [1.54, 1.807) is 0 Å². The van der Waals surface area contributed by atoms with Crippen LogP contribution < -0.4 is 10.6 Å². The molecule has 1 saturated carbocycles. The number of benzene rings is 2. The van der Waals surface area contributed by atoms with Crippen LogP contribution in [0, 0.1) is 32.5 Å². The van der Waals surface area contributed by atoms with Crippen LogP contribution in [0.5, 0.6) is 0 Å². The predicted octanol–water partition coefficient (Wildman–Crippen LogP) is 4.18. The first-order valence-corrected chi connectivity index (χ1v) is 10.6. The van der Waals surface area contributed by atoms with E-state index in [-0.39, 0.29) is 41.5 Å². The molecular weight excluding hydrogens is 435 g/mol. The number of carbonyl (C=O) groups is 4. The Morgan fingerprint density at radius 2 is 1.75 bits per heavy atom. The normalized spacial score (nSPS) is 18.0. The average molecular weight is 459 g/mol. The fraction of sp³-hybridized carbons (Fsp3) is 0.333. The quantitative estimate of drug-likeness (QED) is 0.657. The number of ketones is 2. The maximum atomic E-state index is 13.5. The Kier molecular flexibility index (Phi) is 7.09. The summed E-state index contributed by atoms with van der Waals surface area (Å²) < 4.78 is 13.5. The van der Waals surface area contributed by atoms with E-state index in [9.17, 15) is 23.6 Å². The van der Waals surface area contributed by atoms with E-state index >= 15 is 0 Å². The lowest BCUT2D eigenvalue weighted by Gasteiger charge is -2.16. The monoisotopic (exact) mass is 458 g/mol. The van der Waals surface area contributed by atoms with Gasteiger partial charge in [-0.05, 0) is 62.1 Å². The van der Waals surface area contributed by atoms with E-state index in [0.29, 0.717) is 0 Å². The van der Waals surface area contributed by atoms with Gasteiger partial charge in [-0.1, -0.05) is 29.3 Å². The van der Waals surface area contributed by atoms with E-state index in [0.717, 1.165) is 28.3 Å². The topological polar surface area (TPSA) is 92.3 Å². The second-order valence-electron chi connectivity index (χ2n) is 8.14. The van der Waals surface area contributed by atoms with Crippen LogP contribution in [0.2, 0.25) is 5.02 Å². The number of imide groups is 1. The van der Waals surface area contributed by atoms with Gasteiger partial charge in [0.2, 0.25) is 0 Å². The molecule has 3 rings (SSSR count). The largest absolute Gasteiger partial charge is 0.338 e. The predicted molar refractivity (Wildman–Crippen MR) is 118 cm³/mol. The molecule has 168 valence electrons. The average Bonchev–Trinajstić information content (AvgIpc) is 2.97. The summed E-state index contributed by atoms with van der Waals surface area (Å²) in [5.41, 5.74) is 3.64. The molecule has 0 aliphatic heterocycles. The number of amides is 3. The first-order valence-electron chi connectivity index (χ1n) is 10.3. The summed E-state index contributed by atoms with van der Waals surface area (Å²) in [6.45, 7) is 5.88. The highest BCUT2D eigenvalue weighted by molar-refractivity contribution is 6.30. The summed E-state index contributed by atoms with van der Waals surface area (Å²) in [6.07, 6.45) is 0.407. The molecule has 6 nitrogen and oxygen atoms in total. The first kappa shape index (κ1) is 23.6. The van der Waals surface area contributed by atoms with Crippen LogP contribution in [0.25, 0.3) is 0 Å². The van der Waals surface area contributed by atoms with Crippen molar-refractivity contribution in [3.05, 3.63) is 69.0 Å². The number of halogens is 2. The molecule has 0 saturated heterocycles. The SMILES string of the molecule is Cc1cc(C)c(C2C(=O)CC(CCNC(=O)NC(=O)c3ccc(Cl)c(F)c3)C2=O)c(C)c1. The third kappa shape index (κ3) is 5.05. The molecule has 0 bridgehead atoms. The molecule has 0 heterocycles. The third-order valence-corrected chi connectivity index (χ3v) is 5.98. The Hall–Kier alpha value is -3.06. The molecule has 2 N–H and O–H groups in total. The van der Waals surface area contributed by atoms with Crippen molar-refractivity contribution in [2.75, 3.05) is 6.54 Å². The minimum Gasteiger partial charge on any atom is -0.338 e. The molecular formula is C24H24ClFN2O4. The highest BCUT2D eigenvalue weighted by Gasteiger charge is 2.42. The van der Waals surface area contributed by atoms with Crippen molar-refractivity contribution < 1.29 is 23.6 Å². The minimum absolute atomic E-state index is 0.0507. The second kappa shape index (κ2) is 9.61. The second-order valence-corrected chi connectivity index (χ2v) is 8.55. The first-order chi connectivity index (χ1) is 15.1. The van der Waals surface area contributed by atoms with Gasteiger partial charge in [-0.15, -0.1) is 0 Å². The van der Waals surface area contributed by atoms with Crippen molar-refractivity contribution in [3.8, 4) is 0 Å². The molecule has 0 aromatic heterocycles. The minimum atomic E-state index is -0.782. The maximum absolute atomic E-state index is 13.5. The van der Waals surface area contributed by atoms with Crippen LogP contribution >= 0.6 is 11.6 Å². The Balaban J connectivity index is 1.56. The molecule has 0 spiro atoms. The summed E-state index contributed by atoms with van der Waals surface area (Å²) in [5, 5.41) is 4.47. The Morgan fingerprint density at radius 3 is 2.38 bits per heavy atom. The molecule has 2 aromatic rings. The van der Waals surface area contributed by atoms with Gasteiger partial charge in [0.25, 0.3) is 5.91 Å². The van der Waals surface area contributed by atoms with Gasteiger partial charge >= 0.3 is 6.03 Å². The molecule has 2 atom stereocenters. The molecule has 1 aliphatic carbocycles. The van der Waals surface area contributed by atoms with Gasteiger partial charge in [-0.25, -0.2) is 9.18 Å². The van der Waals surface area contributed by atoms with E-state index in [4.69, 9.17) is 11.6 Å². The zero-order valence-electron chi connectivity index (χ0n) is 18.1. The molecule has 0 radical (unpaired) electrons. The Morgan fingerprint density at radius 1 is 1.09 bits per heavy atom. The molecule has 3 amide bonds. The van der Waals surface area contributed by atoms with Crippen LogP contribution in [0.3, 0.4) is 0 Å². The van der Waals surface area contributed by atoms with Gasteiger partial charge in [0.05, 0.1) is 5.02 Å². The summed E-state index contributed by atoms with van der Waals surface area (Å²) >= 11 is 5.58. The van der Waals surface area contributed by atoms with Crippen LogP contribution in [0.15, 0.2) is 30.3 Å². The lowest BCUT2D eigenvalue weighted by Crippen LogP contribution is -2.40. The number of Topliss-reactive ketones (excluding diaryl/α,β-unsaturated/α-hetero) is 2. The van der Waals surface area contributed by atoms with Gasteiger partial charge in [0.15, 0.2) is 5.78 Å². The van der Waals surface area contributed by atoms with Gasteiger partial charge in [-0.2, -0.15) is 0 Å². The zero-order valence-corrected chi connectivity index (χ0v) is 18.8. The van der Waals surface area contributed by atoms with E-state index < -0.39 is 29.6 Å². The number of urea groups is 1. The van der Waals surface area contributed by atoms with Crippen LogP contribution in [0.1, 0.15) is 51.4 Å². The Labute approximate surface area is 190 Å². The maximum Gasteiger partial charge on any atom is 0.321 e. The number of nitrogens with one attached hydrogen (secondary N) is 2. The van der Waals surface area contributed by atoms with E-state index in [1.165, 1.54) is 12.1 Å². The van der Waals surface area contributed by atoms with Crippen molar-refractivity contribution in [1.82, 2.24) is 10.6 Å². The summed E-state index contributed by atoms with van der Waals surface area (Å²) in [4.78, 5) is 49.6. The lowest BCUT2D eigenvalue weighted by molar-refractivity contribution is -0.124. The van der Waals surface area contributed by atoms with E-state index in [1.807, 2.05) is 32.9 Å². The molecule has 2 unspecified atom stereocenters. The molecule has 2 aromatic carbocycles. The van der Waals surface area contributed by atoms with Crippen molar-refractivity contribution in [2.45, 2.75) is 39.5 Å². The number of aryl methyl sites for hydroxylation is 3. The van der Waals surface area contributed by atoms with Gasteiger partial charge in [0, 0.05) is 24.4 Å². The molecule has 1 aliphatic rings. The third-order valence-electron chi connectivity index (χ3n) is 5.67. The molecule has 1 fully saturated rings. The summed E-state index contributed by atoms with van der Waals surface area (Å²) in [5.74, 6) is -3.06. The van der Waals surface area contributed by atoms with Crippen LogP contribution in [-0.4, -0.2) is 30.0 Å². The fourth-order valence-corrected chi connectivity index (χ4v) is 4.38. The lowest BCUT2D eigenvalue weighted by atomic mass is 9.86. The zero-order chi connectivity index (χ0) is 23.6. The highest BCUT2D eigenvalue weighted by atomic mass is 35.5. The number of hydrogen-bond acceptors (Lipinski definition) is 4. The fourth-order valence-electron chi connectivity index (χ4n) is 4.27. The van der Waals surface area contributed by atoms with Gasteiger partial charge < -0.3 is 5.32 Å². The van der Waals surface area contributed by atoms with Crippen molar-refractivity contribution in [2.24, 2.45) is 5.92 Å². The Bertz CT molecular complexity index is 1090. The van der Waals surface area contributed by atoms with Crippen LogP contribution in [-0.2, 0) is 9.59 Å². The van der Waals surface area contributed by atoms with Gasteiger partial charge in [0.1, 0.15) is 17.5 Å². The molecule has 8 heteroatoms. The van der Waals surface area contributed by atoms with Crippen LogP contribution in [0.4, 0.5) is 9.18 Å². The number of carbonyl (C=O) groups excluding carboxylic acids is 4. The summed E-state index contributed by atoms with van der Waals surface area (Å²) in [6, 6.07) is 6.61. The highest BCUT2D eigenvalue weighted by Crippen LogP contribution is 2.37. The van der Waals surface area contributed by atoms with Crippen molar-refractivity contribution in [1.29, 1.82) is 0 Å². The van der Waals surface area contributed by atoms with Crippen molar-refractivity contribution in [3.63, 3.8) is 0 Å². The number of rotatable bonds is 5. The van der Waals surface area contributed by atoms with Gasteiger partial charge in [-0.3, -0.25) is 19.7 Å². The molecule has 32 heavy (non-hydrogen) atoms. The smallest absolute Gasteiger partial charge is 0.321 e. The summed E-state index contributed by atoms with van der Waals surface area (Å²) in [7, 11) is 0.